The molecule has 18 heavy (non-hydrogen) atoms. The molecule has 6 heteroatoms. The Kier molecular flexibility index (Phi) is 5.15. The van der Waals surface area contributed by atoms with Gasteiger partial charge in [-0.15, -0.1) is 11.8 Å². The number of nitrogens with zero attached hydrogens (tertiary/aromatic N) is 1. The summed E-state index contributed by atoms with van der Waals surface area (Å²) in [5.74, 6) is -0.112. The first kappa shape index (κ1) is 14.5. The molecule has 0 spiro atoms. The molecule has 0 aromatic heterocycles. The summed E-state index contributed by atoms with van der Waals surface area (Å²) < 4.78 is 0. The molecule has 0 bridgehead atoms. The fraction of sp³-hybridized carbons (Fsp3) is 0.417. The molecular weight excluding hydrogens is 254 g/mol. The van der Waals surface area contributed by atoms with E-state index in [-0.39, 0.29) is 11.3 Å². The van der Waals surface area contributed by atoms with Crippen molar-refractivity contribution in [3.8, 4) is 0 Å². The van der Waals surface area contributed by atoms with Crippen LogP contribution in [0.4, 0.5) is 5.69 Å². The highest BCUT2D eigenvalue weighted by atomic mass is 32.2. The number of benzene rings is 1. The molecule has 1 aromatic rings. The van der Waals surface area contributed by atoms with Gasteiger partial charge < -0.3 is 9.90 Å². The lowest BCUT2D eigenvalue weighted by Crippen LogP contribution is -2.22. The minimum atomic E-state index is -1.41. The predicted molar refractivity (Wildman–Crippen MR) is 67.6 cm³/mol. The summed E-state index contributed by atoms with van der Waals surface area (Å²) in [5.41, 5.74) is -0.347. The van der Waals surface area contributed by atoms with Gasteiger partial charge in [0.1, 0.15) is 0 Å². The molecule has 0 aliphatic heterocycles. The molecule has 0 saturated carbocycles. The molecule has 5 nitrogen and oxygen atoms in total. The Labute approximate surface area is 109 Å². The van der Waals surface area contributed by atoms with E-state index >= 15 is 0 Å². The quantitative estimate of drug-likeness (QED) is 0.448. The first-order chi connectivity index (χ1) is 8.41. The second-order valence-corrected chi connectivity index (χ2v) is 5.39. The molecule has 0 heterocycles. The number of carbonyl (C=O) groups is 1. The van der Waals surface area contributed by atoms with Crippen LogP contribution in [0.1, 0.15) is 30.6 Å². The van der Waals surface area contributed by atoms with Crippen LogP contribution in [0.2, 0.25) is 0 Å². The van der Waals surface area contributed by atoms with Crippen molar-refractivity contribution in [3.63, 3.8) is 0 Å². The predicted octanol–water partition coefficient (Wildman–Crippen LogP) is 2.10. The van der Waals surface area contributed by atoms with Crippen LogP contribution in [0.15, 0.2) is 23.1 Å². The lowest BCUT2D eigenvalue weighted by molar-refractivity contribution is -0.387. The summed E-state index contributed by atoms with van der Waals surface area (Å²) in [5, 5.41) is 21.5. The zero-order valence-corrected chi connectivity index (χ0v) is 11.0. The molecular formula is C12H14NO4S-. The monoisotopic (exact) mass is 268 g/mol. The first-order valence-electron chi connectivity index (χ1n) is 5.54. The molecule has 0 atom stereocenters. The average Bonchev–Trinajstić information content (AvgIpc) is 2.28. The summed E-state index contributed by atoms with van der Waals surface area (Å²) in [6.45, 7) is 4.16. The molecule has 0 fully saturated rings. The lowest BCUT2D eigenvalue weighted by Gasteiger charge is -2.07. The topological polar surface area (TPSA) is 83.3 Å². The third kappa shape index (κ3) is 4.03. The summed E-state index contributed by atoms with van der Waals surface area (Å²) in [4.78, 5) is 21.4. The molecule has 1 rings (SSSR count). The number of hydrogen-bond donors (Lipinski definition) is 0. The fourth-order valence-corrected chi connectivity index (χ4v) is 2.57. The summed E-state index contributed by atoms with van der Waals surface area (Å²) in [6, 6.07) is 3.85. The third-order valence-electron chi connectivity index (χ3n) is 2.34. The largest absolute Gasteiger partial charge is 0.545 e. The highest BCUT2D eigenvalue weighted by Crippen LogP contribution is 2.30. The van der Waals surface area contributed by atoms with E-state index in [2.05, 4.69) is 13.8 Å². The van der Waals surface area contributed by atoms with Crippen molar-refractivity contribution in [1.29, 1.82) is 0 Å². The number of thioether (sulfide) groups is 1. The number of carboxylic acids is 1. The van der Waals surface area contributed by atoms with E-state index in [1.54, 1.807) is 0 Å². The highest BCUT2D eigenvalue weighted by molar-refractivity contribution is 7.99. The Morgan fingerprint density at radius 1 is 1.44 bits per heavy atom. The van der Waals surface area contributed by atoms with E-state index in [0.717, 1.165) is 18.2 Å². The van der Waals surface area contributed by atoms with E-state index < -0.39 is 10.9 Å². The van der Waals surface area contributed by atoms with Crippen LogP contribution in [0.3, 0.4) is 0 Å². The second-order valence-electron chi connectivity index (χ2n) is 4.26. The van der Waals surface area contributed by atoms with Crippen LogP contribution in [-0.2, 0) is 0 Å². The summed E-state index contributed by atoms with van der Waals surface area (Å²) in [7, 11) is 0. The number of nitro groups is 1. The molecule has 0 saturated heterocycles. The average molecular weight is 268 g/mol. The number of nitro benzene ring substituents is 1. The van der Waals surface area contributed by atoms with E-state index in [9.17, 15) is 20.0 Å². The number of carboxylic acid groups (broad SMARTS) is 1. The number of carbonyl (C=O) groups excluding carboxylic acids is 1. The molecule has 1 aromatic carbocycles. The van der Waals surface area contributed by atoms with Gasteiger partial charge in [-0.1, -0.05) is 19.9 Å². The van der Waals surface area contributed by atoms with E-state index in [1.807, 2.05) is 0 Å². The van der Waals surface area contributed by atoms with Crippen molar-refractivity contribution in [2.75, 3.05) is 5.75 Å². The molecule has 0 aliphatic carbocycles. The summed E-state index contributed by atoms with van der Waals surface area (Å²) >= 11 is 1.37. The van der Waals surface area contributed by atoms with Crippen LogP contribution in [0.5, 0.6) is 0 Å². The molecule has 0 N–H and O–H groups in total. The Morgan fingerprint density at radius 3 is 2.61 bits per heavy atom. The molecule has 98 valence electrons. The van der Waals surface area contributed by atoms with Crippen LogP contribution in [0.25, 0.3) is 0 Å². The first-order valence-corrected chi connectivity index (χ1v) is 6.53. The maximum Gasteiger partial charge on any atom is 0.283 e. The van der Waals surface area contributed by atoms with Gasteiger partial charge in [0.2, 0.25) is 0 Å². The molecule has 0 unspecified atom stereocenters. The van der Waals surface area contributed by atoms with Crippen molar-refractivity contribution in [3.05, 3.63) is 33.9 Å². The van der Waals surface area contributed by atoms with Crippen molar-refractivity contribution >= 4 is 23.4 Å². The highest BCUT2D eigenvalue weighted by Gasteiger charge is 2.15. The Balaban J connectivity index is 2.90. The zero-order valence-electron chi connectivity index (χ0n) is 10.2. The van der Waals surface area contributed by atoms with Gasteiger partial charge >= 0.3 is 0 Å². The molecule has 0 aliphatic rings. The third-order valence-corrected chi connectivity index (χ3v) is 3.44. The number of hydrogen-bond acceptors (Lipinski definition) is 5. The SMILES string of the molecule is CC(C)CCSc1ccc(C(=O)[O-])cc1[N+](=O)[O-]. The van der Waals surface area contributed by atoms with Crippen LogP contribution in [0, 0.1) is 16.0 Å². The van der Waals surface area contributed by atoms with Crippen LogP contribution in [-0.4, -0.2) is 16.6 Å². The van der Waals surface area contributed by atoms with Gasteiger partial charge in [0.15, 0.2) is 0 Å². The van der Waals surface area contributed by atoms with Gasteiger partial charge in [-0.05, 0) is 24.2 Å². The maximum absolute atomic E-state index is 10.9. The van der Waals surface area contributed by atoms with Gasteiger partial charge in [-0.2, -0.15) is 0 Å². The van der Waals surface area contributed by atoms with Crippen molar-refractivity contribution in [1.82, 2.24) is 0 Å². The lowest BCUT2D eigenvalue weighted by atomic mass is 10.2. The van der Waals surface area contributed by atoms with Gasteiger partial charge in [-0.25, -0.2) is 0 Å². The summed E-state index contributed by atoms with van der Waals surface area (Å²) in [6.07, 6.45) is 0.948. The van der Waals surface area contributed by atoms with E-state index in [0.29, 0.717) is 10.8 Å². The smallest absolute Gasteiger partial charge is 0.283 e. The Bertz CT molecular complexity index is 459. The standard InChI is InChI=1S/C12H15NO4S/c1-8(2)5-6-18-11-4-3-9(12(14)15)7-10(11)13(16)17/h3-4,7-8H,5-6H2,1-2H3,(H,14,15)/p-1. The second kappa shape index (κ2) is 6.39. The fourth-order valence-electron chi connectivity index (χ4n) is 1.31. The van der Waals surface area contributed by atoms with Crippen molar-refractivity contribution < 1.29 is 14.8 Å². The minimum absolute atomic E-state index is 0.171. The van der Waals surface area contributed by atoms with Gasteiger partial charge in [-0.3, -0.25) is 10.1 Å². The van der Waals surface area contributed by atoms with Gasteiger partial charge in [0.05, 0.1) is 15.8 Å². The Hall–Kier alpha value is -1.56. The van der Waals surface area contributed by atoms with Crippen molar-refractivity contribution in [2.24, 2.45) is 5.92 Å². The molecule has 0 radical (unpaired) electrons. The maximum atomic E-state index is 10.9. The van der Waals surface area contributed by atoms with E-state index in [4.69, 9.17) is 0 Å². The molecule has 0 amide bonds. The Morgan fingerprint density at radius 2 is 2.11 bits per heavy atom. The van der Waals surface area contributed by atoms with Gasteiger partial charge in [0, 0.05) is 11.6 Å². The zero-order chi connectivity index (χ0) is 13.7. The van der Waals surface area contributed by atoms with Crippen molar-refractivity contribution in [2.45, 2.75) is 25.2 Å². The number of rotatable bonds is 6. The normalized spacial score (nSPS) is 10.6. The van der Waals surface area contributed by atoms with Crippen LogP contribution < -0.4 is 5.11 Å². The number of aromatic carboxylic acids is 1. The minimum Gasteiger partial charge on any atom is -0.545 e. The van der Waals surface area contributed by atoms with E-state index in [1.165, 1.54) is 23.9 Å². The van der Waals surface area contributed by atoms with Crippen LogP contribution >= 0.6 is 11.8 Å². The van der Waals surface area contributed by atoms with Gasteiger partial charge in [0.25, 0.3) is 5.69 Å².